The minimum Gasteiger partial charge on any atom is -0.504 e. The second-order valence-electron chi connectivity index (χ2n) is 4.42. The van der Waals surface area contributed by atoms with Crippen LogP contribution >= 0.6 is 11.6 Å². The molecule has 1 aliphatic heterocycles. The van der Waals surface area contributed by atoms with Gasteiger partial charge in [-0.2, -0.15) is 0 Å². The van der Waals surface area contributed by atoms with E-state index in [0.717, 1.165) is 6.07 Å². The van der Waals surface area contributed by atoms with Crippen molar-refractivity contribution in [3.63, 3.8) is 0 Å². The van der Waals surface area contributed by atoms with E-state index in [1.807, 2.05) is 0 Å². The number of Topliss-reactive ketones (excluding diaryl/α,β-unsaturated/α-hetero) is 1. The Hall–Kier alpha value is -2.53. The molecular formula is C15H8ClFO4. The van der Waals surface area contributed by atoms with Crippen molar-refractivity contribution < 1.29 is 24.1 Å². The number of aromatic hydroxyl groups is 2. The summed E-state index contributed by atoms with van der Waals surface area (Å²) in [5.41, 5.74) is 0.535. The molecule has 6 heteroatoms. The highest BCUT2D eigenvalue weighted by atomic mass is 35.5. The molecule has 3 rings (SSSR count). The molecule has 0 saturated heterocycles. The first kappa shape index (κ1) is 13.5. The lowest BCUT2D eigenvalue weighted by atomic mass is 10.1. The van der Waals surface area contributed by atoms with E-state index in [2.05, 4.69) is 0 Å². The number of halogens is 2. The molecule has 0 aromatic heterocycles. The van der Waals surface area contributed by atoms with Gasteiger partial charge in [0.1, 0.15) is 5.82 Å². The molecule has 1 heterocycles. The van der Waals surface area contributed by atoms with Gasteiger partial charge in [-0.1, -0.05) is 17.7 Å². The van der Waals surface area contributed by atoms with Crippen molar-refractivity contribution in [3.8, 4) is 17.2 Å². The maximum Gasteiger partial charge on any atom is 0.232 e. The molecule has 4 nitrogen and oxygen atoms in total. The van der Waals surface area contributed by atoms with Gasteiger partial charge in [0, 0.05) is 0 Å². The first-order chi connectivity index (χ1) is 9.97. The van der Waals surface area contributed by atoms with E-state index >= 15 is 0 Å². The molecule has 1 aliphatic rings. The van der Waals surface area contributed by atoms with E-state index in [1.165, 1.54) is 30.3 Å². The molecular weight excluding hydrogens is 299 g/mol. The van der Waals surface area contributed by atoms with Gasteiger partial charge in [0.15, 0.2) is 17.3 Å². The molecule has 0 atom stereocenters. The SMILES string of the molecule is O=C1/C(=C/c2ccc(F)cc2Cl)Oc2c1ccc(O)c2O. The van der Waals surface area contributed by atoms with Crippen molar-refractivity contribution in [1.82, 2.24) is 0 Å². The summed E-state index contributed by atoms with van der Waals surface area (Å²) < 4.78 is 18.3. The average molecular weight is 307 g/mol. The average Bonchev–Trinajstić information content (AvgIpc) is 2.75. The zero-order valence-electron chi connectivity index (χ0n) is 10.4. The molecule has 0 amide bonds. The van der Waals surface area contributed by atoms with Crippen molar-refractivity contribution in [1.29, 1.82) is 0 Å². The summed E-state index contributed by atoms with van der Waals surface area (Å²) >= 11 is 5.88. The lowest BCUT2D eigenvalue weighted by Crippen LogP contribution is -1.98. The maximum atomic E-state index is 13.0. The standard InChI is InChI=1S/C15H8ClFO4/c16-10-6-8(17)2-1-7(10)5-12-13(19)9-3-4-11(18)14(20)15(9)21-12/h1-6,18,20H/b12-5-. The summed E-state index contributed by atoms with van der Waals surface area (Å²) in [4.78, 5) is 12.1. The molecule has 21 heavy (non-hydrogen) atoms. The zero-order chi connectivity index (χ0) is 15.1. The molecule has 0 unspecified atom stereocenters. The molecule has 0 bridgehead atoms. The molecule has 106 valence electrons. The van der Waals surface area contributed by atoms with Crippen LogP contribution in [0, 0.1) is 5.82 Å². The van der Waals surface area contributed by atoms with Crippen LogP contribution in [-0.4, -0.2) is 16.0 Å². The van der Waals surface area contributed by atoms with Gasteiger partial charge in [0.05, 0.1) is 10.6 Å². The quantitative estimate of drug-likeness (QED) is 0.625. The molecule has 0 fully saturated rings. The minimum atomic E-state index is -0.505. The van der Waals surface area contributed by atoms with Crippen molar-refractivity contribution in [2.24, 2.45) is 0 Å². The smallest absolute Gasteiger partial charge is 0.232 e. The number of ether oxygens (including phenoxy) is 1. The molecule has 2 aromatic rings. The van der Waals surface area contributed by atoms with Crippen LogP contribution in [0.3, 0.4) is 0 Å². The van der Waals surface area contributed by atoms with Crippen LogP contribution in [0.5, 0.6) is 17.2 Å². The van der Waals surface area contributed by atoms with Crippen LogP contribution < -0.4 is 4.74 Å². The van der Waals surface area contributed by atoms with Gasteiger partial charge in [-0.15, -0.1) is 0 Å². The Balaban J connectivity index is 2.05. The van der Waals surface area contributed by atoms with Gasteiger partial charge in [0.25, 0.3) is 0 Å². The Bertz CT molecular complexity index is 799. The maximum absolute atomic E-state index is 13.0. The molecule has 2 aromatic carbocycles. The van der Waals surface area contributed by atoms with Crippen LogP contribution in [-0.2, 0) is 0 Å². The van der Waals surface area contributed by atoms with Crippen LogP contribution in [0.25, 0.3) is 6.08 Å². The molecule has 0 aliphatic carbocycles. The van der Waals surface area contributed by atoms with Crippen molar-refractivity contribution >= 4 is 23.5 Å². The van der Waals surface area contributed by atoms with E-state index < -0.39 is 17.3 Å². The normalized spacial score (nSPS) is 15.1. The van der Waals surface area contributed by atoms with E-state index in [-0.39, 0.29) is 27.8 Å². The third-order valence-electron chi connectivity index (χ3n) is 3.04. The largest absolute Gasteiger partial charge is 0.504 e. The number of rotatable bonds is 1. The minimum absolute atomic E-state index is 0.0700. The predicted molar refractivity (Wildman–Crippen MR) is 74.1 cm³/mol. The van der Waals surface area contributed by atoms with Gasteiger partial charge < -0.3 is 14.9 Å². The Morgan fingerprint density at radius 2 is 1.95 bits per heavy atom. The fraction of sp³-hybridized carbons (Fsp3) is 0. The summed E-state index contributed by atoms with van der Waals surface area (Å²) in [6.07, 6.45) is 1.35. The Morgan fingerprint density at radius 3 is 2.67 bits per heavy atom. The summed E-state index contributed by atoms with van der Waals surface area (Å²) in [6, 6.07) is 6.27. The second kappa shape index (κ2) is 4.79. The van der Waals surface area contributed by atoms with Crippen LogP contribution in [0.2, 0.25) is 5.02 Å². The Labute approximate surface area is 123 Å². The van der Waals surface area contributed by atoms with E-state index in [0.29, 0.717) is 5.56 Å². The zero-order valence-corrected chi connectivity index (χ0v) is 11.2. The number of fused-ring (bicyclic) bond motifs is 1. The van der Waals surface area contributed by atoms with Gasteiger partial charge in [-0.05, 0) is 35.9 Å². The number of hydrogen-bond donors (Lipinski definition) is 2. The highest BCUT2D eigenvalue weighted by Crippen LogP contribution is 2.44. The van der Waals surface area contributed by atoms with Gasteiger partial charge in [0.2, 0.25) is 11.5 Å². The lowest BCUT2D eigenvalue weighted by molar-refractivity contribution is 0.101. The van der Waals surface area contributed by atoms with E-state index in [4.69, 9.17) is 16.3 Å². The topological polar surface area (TPSA) is 66.8 Å². The fourth-order valence-electron chi connectivity index (χ4n) is 1.99. The van der Waals surface area contributed by atoms with Gasteiger partial charge in [-0.3, -0.25) is 4.79 Å². The Morgan fingerprint density at radius 1 is 1.19 bits per heavy atom. The number of ketones is 1. The van der Waals surface area contributed by atoms with Crippen molar-refractivity contribution in [3.05, 3.63) is 58.1 Å². The number of carbonyl (C=O) groups excluding carboxylic acids is 1. The van der Waals surface area contributed by atoms with Crippen molar-refractivity contribution in [2.45, 2.75) is 0 Å². The van der Waals surface area contributed by atoms with Gasteiger partial charge >= 0.3 is 0 Å². The Kier molecular flexibility index (Phi) is 3.07. The highest BCUT2D eigenvalue weighted by molar-refractivity contribution is 6.32. The highest BCUT2D eigenvalue weighted by Gasteiger charge is 2.31. The molecule has 0 saturated carbocycles. The summed E-state index contributed by atoms with van der Waals surface area (Å²) in [5, 5.41) is 19.2. The summed E-state index contributed by atoms with van der Waals surface area (Å²) in [7, 11) is 0. The first-order valence-electron chi connectivity index (χ1n) is 5.91. The van der Waals surface area contributed by atoms with Crippen molar-refractivity contribution in [2.75, 3.05) is 0 Å². The van der Waals surface area contributed by atoms with Crippen LogP contribution in [0.1, 0.15) is 15.9 Å². The predicted octanol–water partition coefficient (Wildman–Crippen LogP) is 3.51. The number of carbonyl (C=O) groups is 1. The van der Waals surface area contributed by atoms with Gasteiger partial charge in [-0.25, -0.2) is 4.39 Å². The number of phenols is 2. The summed E-state index contributed by atoms with van der Waals surface area (Å²) in [5.74, 6) is -2.02. The molecule has 0 spiro atoms. The molecule has 0 radical (unpaired) electrons. The monoisotopic (exact) mass is 306 g/mol. The first-order valence-corrected chi connectivity index (χ1v) is 6.29. The summed E-state index contributed by atoms with van der Waals surface area (Å²) in [6.45, 7) is 0. The van der Waals surface area contributed by atoms with Crippen LogP contribution in [0.4, 0.5) is 4.39 Å². The second-order valence-corrected chi connectivity index (χ2v) is 4.82. The number of phenolic OH excluding ortho intramolecular Hbond substituents is 2. The third-order valence-corrected chi connectivity index (χ3v) is 3.37. The number of allylic oxidation sites excluding steroid dienone is 1. The number of hydrogen-bond acceptors (Lipinski definition) is 4. The molecule has 2 N–H and O–H groups in total. The third kappa shape index (κ3) is 2.21. The van der Waals surface area contributed by atoms with Crippen LogP contribution in [0.15, 0.2) is 36.1 Å². The number of benzene rings is 2. The van der Waals surface area contributed by atoms with E-state index in [1.54, 1.807) is 0 Å². The lowest BCUT2D eigenvalue weighted by Gasteiger charge is -2.03. The van der Waals surface area contributed by atoms with E-state index in [9.17, 15) is 19.4 Å². The fourth-order valence-corrected chi connectivity index (χ4v) is 2.21.